The lowest BCUT2D eigenvalue weighted by Crippen LogP contribution is -2.05. The molecule has 2 aromatic heterocycles. The first-order chi connectivity index (χ1) is 8.79. The van der Waals surface area contributed by atoms with E-state index in [9.17, 15) is 0 Å². The van der Waals surface area contributed by atoms with E-state index in [-0.39, 0.29) is 0 Å². The normalized spacial score (nSPS) is 10.8. The molecule has 2 rings (SSSR count). The van der Waals surface area contributed by atoms with E-state index in [1.807, 2.05) is 6.92 Å². The molecule has 0 bridgehead atoms. The standard InChI is InChI=1S/C12H15BrN2OS2/c1-2-16-7-3-6-14-12-15-9(8-17-12)10-4-5-11(13)18-10/h4-5,8H,2-3,6-7H2,1H3,(H,14,15). The van der Waals surface area contributed by atoms with Gasteiger partial charge in [0.25, 0.3) is 0 Å². The summed E-state index contributed by atoms with van der Waals surface area (Å²) in [5.74, 6) is 0. The van der Waals surface area contributed by atoms with Crippen molar-refractivity contribution in [3.63, 3.8) is 0 Å². The van der Waals surface area contributed by atoms with E-state index in [2.05, 4.69) is 43.7 Å². The molecule has 0 aliphatic carbocycles. The first-order valence-corrected chi connectivity index (χ1v) is 8.31. The lowest BCUT2D eigenvalue weighted by atomic mass is 10.4. The zero-order valence-electron chi connectivity index (χ0n) is 10.1. The van der Waals surface area contributed by atoms with Crippen LogP contribution in [0, 0.1) is 0 Å². The Kier molecular flexibility index (Phi) is 5.62. The SMILES string of the molecule is CCOCCCNc1nc(-c2ccc(Br)s2)cs1. The number of nitrogens with zero attached hydrogens (tertiary/aromatic N) is 1. The zero-order chi connectivity index (χ0) is 12.8. The molecule has 0 radical (unpaired) electrons. The molecule has 0 aliphatic rings. The summed E-state index contributed by atoms with van der Waals surface area (Å²) in [5, 5.41) is 6.39. The highest BCUT2D eigenvalue weighted by Crippen LogP contribution is 2.32. The smallest absolute Gasteiger partial charge is 0.183 e. The number of thiazole rings is 1. The average Bonchev–Trinajstić information content (AvgIpc) is 2.97. The number of anilines is 1. The molecule has 0 saturated carbocycles. The maximum atomic E-state index is 5.29. The number of hydrogen-bond donors (Lipinski definition) is 1. The first kappa shape index (κ1) is 14.0. The molecular weight excluding hydrogens is 332 g/mol. The van der Waals surface area contributed by atoms with Crippen LogP contribution in [0.2, 0.25) is 0 Å². The first-order valence-electron chi connectivity index (χ1n) is 5.82. The molecular formula is C12H15BrN2OS2. The lowest BCUT2D eigenvalue weighted by molar-refractivity contribution is 0.147. The lowest BCUT2D eigenvalue weighted by Gasteiger charge is -2.02. The van der Waals surface area contributed by atoms with Crippen molar-refractivity contribution >= 4 is 43.7 Å². The van der Waals surface area contributed by atoms with Crippen LogP contribution < -0.4 is 5.32 Å². The number of hydrogen-bond acceptors (Lipinski definition) is 5. The Morgan fingerprint density at radius 3 is 3.06 bits per heavy atom. The molecule has 0 aromatic carbocycles. The molecule has 2 heterocycles. The highest BCUT2D eigenvalue weighted by molar-refractivity contribution is 9.11. The fourth-order valence-electron chi connectivity index (χ4n) is 1.43. The molecule has 3 nitrogen and oxygen atoms in total. The Hall–Kier alpha value is -0.430. The van der Waals surface area contributed by atoms with Crippen LogP contribution in [0.1, 0.15) is 13.3 Å². The quantitative estimate of drug-likeness (QED) is 0.750. The van der Waals surface area contributed by atoms with Crippen molar-refractivity contribution in [2.75, 3.05) is 25.1 Å². The molecule has 0 amide bonds. The highest BCUT2D eigenvalue weighted by Gasteiger charge is 2.06. The van der Waals surface area contributed by atoms with Crippen molar-refractivity contribution < 1.29 is 4.74 Å². The summed E-state index contributed by atoms with van der Waals surface area (Å²) in [6.45, 7) is 4.51. The zero-order valence-corrected chi connectivity index (χ0v) is 13.3. The van der Waals surface area contributed by atoms with Gasteiger partial charge in [0.15, 0.2) is 5.13 Å². The van der Waals surface area contributed by atoms with Gasteiger partial charge in [-0.1, -0.05) is 0 Å². The van der Waals surface area contributed by atoms with Gasteiger partial charge >= 0.3 is 0 Å². The third kappa shape index (κ3) is 4.05. The maximum Gasteiger partial charge on any atom is 0.183 e. The number of nitrogens with one attached hydrogen (secondary N) is 1. The minimum absolute atomic E-state index is 0.786. The van der Waals surface area contributed by atoms with E-state index in [0.29, 0.717) is 0 Å². The van der Waals surface area contributed by atoms with Crippen LogP contribution in [0.5, 0.6) is 0 Å². The second-order valence-electron chi connectivity index (χ2n) is 3.62. The van der Waals surface area contributed by atoms with Crippen molar-refractivity contribution in [1.82, 2.24) is 4.98 Å². The summed E-state index contributed by atoms with van der Waals surface area (Å²) in [7, 11) is 0. The topological polar surface area (TPSA) is 34.1 Å². The van der Waals surface area contributed by atoms with Crippen molar-refractivity contribution in [3.8, 4) is 10.6 Å². The van der Waals surface area contributed by atoms with Crippen LogP contribution in [-0.4, -0.2) is 24.7 Å². The molecule has 0 spiro atoms. The molecule has 18 heavy (non-hydrogen) atoms. The molecule has 0 fully saturated rings. The molecule has 0 unspecified atom stereocenters. The Labute approximate surface area is 123 Å². The summed E-state index contributed by atoms with van der Waals surface area (Å²) >= 11 is 6.81. The van der Waals surface area contributed by atoms with Gasteiger partial charge in [-0.25, -0.2) is 4.98 Å². The predicted octanol–water partition coefficient (Wildman–Crippen LogP) is 4.47. The minimum atomic E-state index is 0.786. The highest BCUT2D eigenvalue weighted by atomic mass is 79.9. The van der Waals surface area contributed by atoms with Crippen LogP contribution in [0.25, 0.3) is 10.6 Å². The van der Waals surface area contributed by atoms with Crippen LogP contribution in [0.15, 0.2) is 21.3 Å². The van der Waals surface area contributed by atoms with Gasteiger partial charge in [-0.05, 0) is 41.4 Å². The Balaban J connectivity index is 1.83. The Morgan fingerprint density at radius 1 is 1.44 bits per heavy atom. The van der Waals surface area contributed by atoms with Crippen molar-refractivity contribution in [2.24, 2.45) is 0 Å². The number of halogens is 1. The Bertz CT molecular complexity index is 484. The van der Waals surface area contributed by atoms with Crippen LogP contribution in [-0.2, 0) is 4.74 Å². The number of ether oxygens (including phenoxy) is 1. The van der Waals surface area contributed by atoms with Crippen molar-refractivity contribution in [2.45, 2.75) is 13.3 Å². The van der Waals surface area contributed by atoms with Crippen molar-refractivity contribution in [1.29, 1.82) is 0 Å². The van der Waals surface area contributed by atoms with E-state index in [4.69, 9.17) is 4.74 Å². The van der Waals surface area contributed by atoms with E-state index in [1.54, 1.807) is 22.7 Å². The van der Waals surface area contributed by atoms with E-state index >= 15 is 0 Å². The largest absolute Gasteiger partial charge is 0.382 e. The summed E-state index contributed by atoms with van der Waals surface area (Å²) < 4.78 is 6.42. The predicted molar refractivity (Wildman–Crippen MR) is 82.7 cm³/mol. The van der Waals surface area contributed by atoms with Gasteiger partial charge in [0.05, 0.1) is 14.4 Å². The molecule has 1 N–H and O–H groups in total. The fraction of sp³-hybridized carbons (Fsp3) is 0.417. The van der Waals surface area contributed by atoms with Crippen LogP contribution in [0.4, 0.5) is 5.13 Å². The average molecular weight is 347 g/mol. The summed E-state index contributed by atoms with van der Waals surface area (Å²) in [5.41, 5.74) is 1.04. The molecule has 2 aromatic rings. The molecule has 6 heteroatoms. The Morgan fingerprint density at radius 2 is 2.33 bits per heavy atom. The summed E-state index contributed by atoms with van der Waals surface area (Å²) in [6, 6.07) is 4.14. The van der Waals surface area contributed by atoms with Gasteiger partial charge in [-0.3, -0.25) is 0 Å². The second-order valence-corrected chi connectivity index (χ2v) is 6.94. The van der Waals surface area contributed by atoms with Gasteiger partial charge in [0.1, 0.15) is 0 Å². The fourth-order valence-corrected chi connectivity index (χ4v) is 3.59. The van der Waals surface area contributed by atoms with E-state index < -0.39 is 0 Å². The molecule has 98 valence electrons. The second kappa shape index (κ2) is 7.23. The number of rotatable bonds is 7. The van der Waals surface area contributed by atoms with E-state index in [0.717, 1.165) is 40.8 Å². The molecule has 0 aliphatic heterocycles. The van der Waals surface area contributed by atoms with Crippen LogP contribution >= 0.6 is 38.6 Å². The third-order valence-corrected chi connectivity index (χ3v) is 4.72. The minimum Gasteiger partial charge on any atom is -0.382 e. The van der Waals surface area contributed by atoms with Gasteiger partial charge in [-0.2, -0.15) is 0 Å². The monoisotopic (exact) mass is 346 g/mol. The third-order valence-electron chi connectivity index (χ3n) is 2.28. The summed E-state index contributed by atoms with van der Waals surface area (Å²) in [6.07, 6.45) is 1.01. The van der Waals surface area contributed by atoms with E-state index in [1.165, 1.54) is 4.88 Å². The van der Waals surface area contributed by atoms with Gasteiger partial charge < -0.3 is 10.1 Å². The summed E-state index contributed by atoms with van der Waals surface area (Å²) in [4.78, 5) is 5.76. The number of aromatic nitrogens is 1. The molecule has 0 saturated heterocycles. The number of thiophene rings is 1. The van der Waals surface area contributed by atoms with Gasteiger partial charge in [-0.15, -0.1) is 22.7 Å². The molecule has 0 atom stereocenters. The van der Waals surface area contributed by atoms with Gasteiger partial charge in [0.2, 0.25) is 0 Å². The van der Waals surface area contributed by atoms with Crippen LogP contribution in [0.3, 0.4) is 0 Å². The van der Waals surface area contributed by atoms with Gasteiger partial charge in [0, 0.05) is 25.1 Å². The van der Waals surface area contributed by atoms with Crippen molar-refractivity contribution in [3.05, 3.63) is 21.3 Å². The maximum absolute atomic E-state index is 5.29.